The largest absolute Gasteiger partial charge is 0.490 e. The van der Waals surface area contributed by atoms with Gasteiger partial charge in [0.05, 0.1) is 11.6 Å². The van der Waals surface area contributed by atoms with Crippen LogP contribution in [0.15, 0.2) is 72.8 Å². The van der Waals surface area contributed by atoms with E-state index in [1.54, 1.807) is 24.3 Å². The monoisotopic (exact) mass is 652 g/mol. The van der Waals surface area contributed by atoms with Gasteiger partial charge in [0.2, 0.25) is 0 Å². The molecule has 0 spiro atoms. The number of halogens is 6. The molecular weight excluding hydrogens is 622 g/mol. The number of hydrogen-bond donors (Lipinski definition) is 4. The van der Waals surface area contributed by atoms with Crippen LogP contribution in [0.3, 0.4) is 0 Å². The fourth-order valence-corrected chi connectivity index (χ4v) is 4.14. The number of benzene rings is 3. The lowest BCUT2D eigenvalue weighted by atomic mass is 10.0. The first-order valence-electron chi connectivity index (χ1n) is 13.5. The summed E-state index contributed by atoms with van der Waals surface area (Å²) in [6.07, 6.45) is -10.2. The van der Waals surface area contributed by atoms with Crippen LogP contribution in [0.2, 0.25) is 0 Å². The Hall–Kier alpha value is -4.94. The molecule has 1 atom stereocenters. The molecule has 1 amide bonds. The Labute approximate surface area is 260 Å². The van der Waals surface area contributed by atoms with Crippen LogP contribution in [-0.4, -0.2) is 71.0 Å². The van der Waals surface area contributed by atoms with Gasteiger partial charge in [-0.3, -0.25) is 9.69 Å². The van der Waals surface area contributed by atoms with Crippen molar-refractivity contribution >= 4 is 17.8 Å². The van der Waals surface area contributed by atoms with Crippen molar-refractivity contribution in [3.63, 3.8) is 0 Å². The van der Waals surface area contributed by atoms with Crippen LogP contribution >= 0.6 is 0 Å². The van der Waals surface area contributed by atoms with E-state index in [0.29, 0.717) is 23.7 Å². The van der Waals surface area contributed by atoms with Gasteiger partial charge in [-0.05, 0) is 59.5 Å². The van der Waals surface area contributed by atoms with Crippen molar-refractivity contribution in [3.8, 4) is 17.2 Å². The van der Waals surface area contributed by atoms with Crippen LogP contribution in [0.5, 0.6) is 0 Å². The van der Waals surface area contributed by atoms with Crippen molar-refractivity contribution < 1.29 is 50.9 Å². The second-order valence-electron chi connectivity index (χ2n) is 9.97. The molecule has 4 rings (SSSR count). The highest BCUT2D eigenvalue weighted by Gasteiger charge is 2.38. The minimum absolute atomic E-state index is 0.181. The predicted molar refractivity (Wildman–Crippen MR) is 154 cm³/mol. The molecule has 3 aromatic carbocycles. The zero-order valence-electron chi connectivity index (χ0n) is 24.3. The zero-order valence-corrected chi connectivity index (χ0v) is 24.3. The second kappa shape index (κ2) is 16.9. The van der Waals surface area contributed by atoms with E-state index in [0.717, 1.165) is 37.3 Å². The first-order chi connectivity index (χ1) is 21.5. The van der Waals surface area contributed by atoms with Gasteiger partial charge in [0, 0.05) is 44.3 Å². The Kier molecular flexibility index (Phi) is 13.7. The molecule has 4 N–H and O–H groups in total. The van der Waals surface area contributed by atoms with E-state index in [2.05, 4.69) is 64.9 Å². The lowest BCUT2D eigenvalue weighted by molar-refractivity contribution is -0.193. The number of carbonyl (C=O) groups excluding carboxylic acids is 1. The van der Waals surface area contributed by atoms with E-state index >= 15 is 0 Å². The lowest BCUT2D eigenvalue weighted by Crippen LogP contribution is -2.48. The number of rotatable bonds is 6. The van der Waals surface area contributed by atoms with Crippen molar-refractivity contribution in [3.05, 3.63) is 95.1 Å². The van der Waals surface area contributed by atoms with Crippen molar-refractivity contribution in [2.45, 2.75) is 38.4 Å². The molecule has 9 nitrogen and oxygen atoms in total. The van der Waals surface area contributed by atoms with E-state index in [1.165, 1.54) is 11.1 Å². The van der Waals surface area contributed by atoms with Gasteiger partial charge < -0.3 is 20.8 Å². The van der Waals surface area contributed by atoms with Crippen LogP contribution in [0.1, 0.15) is 34.0 Å². The van der Waals surface area contributed by atoms with E-state index in [1.807, 2.05) is 12.1 Å². The molecule has 246 valence electrons. The maximum absolute atomic E-state index is 12.5. The molecular formula is C31H30F6N4O5. The van der Waals surface area contributed by atoms with Gasteiger partial charge in [-0.25, -0.2) is 9.59 Å². The smallest absolute Gasteiger partial charge is 0.475 e. The molecule has 0 radical (unpaired) electrons. The van der Waals surface area contributed by atoms with Gasteiger partial charge in [-0.1, -0.05) is 42.5 Å². The number of nitriles is 1. The number of aliphatic carboxylic acids is 2. The highest BCUT2D eigenvalue weighted by atomic mass is 19.4. The van der Waals surface area contributed by atoms with Crippen molar-refractivity contribution in [1.82, 2.24) is 15.5 Å². The number of amides is 1. The molecule has 1 heterocycles. The molecule has 46 heavy (non-hydrogen) atoms. The summed E-state index contributed by atoms with van der Waals surface area (Å²) in [6, 6.07) is 26.3. The molecule has 1 saturated heterocycles. The number of nitrogens with zero attached hydrogens (tertiary/aromatic N) is 2. The van der Waals surface area contributed by atoms with Crippen LogP contribution in [0, 0.1) is 11.3 Å². The van der Waals surface area contributed by atoms with Crippen molar-refractivity contribution in [2.75, 3.05) is 19.6 Å². The normalized spacial score (nSPS) is 14.8. The van der Waals surface area contributed by atoms with Gasteiger partial charge in [-0.15, -0.1) is 0 Å². The fourth-order valence-electron chi connectivity index (χ4n) is 4.14. The number of nitrogens with one attached hydrogen (secondary N) is 2. The molecule has 3 aromatic rings. The summed E-state index contributed by atoms with van der Waals surface area (Å²) in [5, 5.41) is 29.7. The average Bonchev–Trinajstić information content (AvgIpc) is 3.00. The van der Waals surface area contributed by atoms with Gasteiger partial charge in [0.1, 0.15) is 0 Å². The van der Waals surface area contributed by atoms with Crippen molar-refractivity contribution in [2.24, 2.45) is 0 Å². The maximum atomic E-state index is 12.5. The highest BCUT2D eigenvalue weighted by molar-refractivity contribution is 5.94. The van der Waals surface area contributed by atoms with Crippen LogP contribution < -0.4 is 10.6 Å². The van der Waals surface area contributed by atoms with Crippen LogP contribution in [0.25, 0.3) is 11.1 Å². The first kappa shape index (κ1) is 37.2. The summed E-state index contributed by atoms with van der Waals surface area (Å²) < 4.78 is 63.5. The summed E-state index contributed by atoms with van der Waals surface area (Å²) in [5.74, 6) is -5.69. The average molecular weight is 653 g/mol. The molecule has 0 aliphatic carbocycles. The number of piperazine rings is 1. The van der Waals surface area contributed by atoms with Gasteiger partial charge in [-0.2, -0.15) is 31.6 Å². The van der Waals surface area contributed by atoms with E-state index in [4.69, 9.17) is 25.1 Å². The predicted octanol–water partition coefficient (Wildman–Crippen LogP) is 5.22. The molecule has 0 saturated carbocycles. The molecule has 0 aromatic heterocycles. The summed E-state index contributed by atoms with van der Waals surface area (Å²) in [7, 11) is 0. The van der Waals surface area contributed by atoms with Crippen molar-refractivity contribution in [1.29, 1.82) is 5.26 Å². The van der Waals surface area contributed by atoms with E-state index in [9.17, 15) is 31.1 Å². The lowest BCUT2D eigenvalue weighted by Gasteiger charge is -2.31. The zero-order chi connectivity index (χ0) is 34.5. The molecule has 0 bridgehead atoms. The summed E-state index contributed by atoms with van der Waals surface area (Å²) in [6.45, 7) is 6.79. The molecule has 1 aliphatic heterocycles. The molecule has 1 fully saturated rings. The Morgan fingerprint density at radius 3 is 1.93 bits per heavy atom. The fraction of sp³-hybridized carbons (Fsp3) is 0.290. The van der Waals surface area contributed by atoms with Crippen LogP contribution in [-0.2, 0) is 22.7 Å². The quantitative estimate of drug-likeness (QED) is 0.266. The van der Waals surface area contributed by atoms with E-state index < -0.39 is 24.3 Å². The number of alkyl halides is 6. The molecule has 15 heteroatoms. The second-order valence-corrected chi connectivity index (χ2v) is 9.97. The summed E-state index contributed by atoms with van der Waals surface area (Å²) in [4.78, 5) is 32.8. The number of carbonyl (C=O) groups is 3. The standard InChI is InChI=1S/C27H28N4O.2C2HF3O2/c1-20-18-31(12-11-29-20)19-23-7-4-9-25(15-23)24-8-3-6-22(14-24)17-30-27(32)26-10-2-5-21(13-26)16-28;2*3-2(4,5)1(6)7/h2-10,13-15,20,29H,11-12,17-19H2,1H3,(H,30,32);2*(H,6,7)/t20-;;/m1../s1. The Bertz CT molecular complexity index is 1510. The number of carboxylic acid groups (broad SMARTS) is 2. The SMILES string of the molecule is C[C@@H]1CN(Cc2cccc(-c3cccc(CNC(=O)c4cccc(C#N)c4)c3)c2)CCN1.O=C(O)C(F)(F)F.O=C(O)C(F)(F)F. The maximum Gasteiger partial charge on any atom is 0.490 e. The summed E-state index contributed by atoms with van der Waals surface area (Å²) >= 11 is 0. The van der Waals surface area contributed by atoms with E-state index in [-0.39, 0.29) is 5.91 Å². The van der Waals surface area contributed by atoms with Gasteiger partial charge in [0.25, 0.3) is 5.91 Å². The third kappa shape index (κ3) is 13.0. The third-order valence-electron chi connectivity index (χ3n) is 6.24. The molecule has 1 aliphatic rings. The first-order valence-corrected chi connectivity index (χ1v) is 13.5. The summed E-state index contributed by atoms with van der Waals surface area (Å²) in [5.41, 5.74) is 5.64. The minimum Gasteiger partial charge on any atom is -0.475 e. The number of hydrogen-bond acceptors (Lipinski definition) is 6. The third-order valence-corrected chi connectivity index (χ3v) is 6.24. The van der Waals surface area contributed by atoms with Gasteiger partial charge >= 0.3 is 24.3 Å². The topological polar surface area (TPSA) is 143 Å². The number of carboxylic acids is 2. The minimum atomic E-state index is -5.08. The highest BCUT2D eigenvalue weighted by Crippen LogP contribution is 2.23. The Morgan fingerprint density at radius 2 is 1.41 bits per heavy atom. The molecule has 0 unspecified atom stereocenters. The Morgan fingerprint density at radius 1 is 0.891 bits per heavy atom. The Balaban J connectivity index is 0.000000440. The van der Waals surface area contributed by atoms with Gasteiger partial charge in [0.15, 0.2) is 0 Å². The van der Waals surface area contributed by atoms with Crippen LogP contribution in [0.4, 0.5) is 26.3 Å².